The normalized spacial score (nSPS) is 32.6. The summed E-state index contributed by atoms with van der Waals surface area (Å²) in [4.78, 5) is 14.0. The molecule has 2 aliphatic rings. The van der Waals surface area contributed by atoms with Crippen molar-refractivity contribution in [2.75, 3.05) is 0 Å². The molecule has 0 radical (unpaired) electrons. The highest BCUT2D eigenvalue weighted by Gasteiger charge is 2.44. The van der Waals surface area contributed by atoms with Gasteiger partial charge >= 0.3 is 0 Å². The van der Waals surface area contributed by atoms with Crippen molar-refractivity contribution in [1.82, 2.24) is 4.90 Å². The number of amides is 1. The van der Waals surface area contributed by atoms with Crippen LogP contribution in [0.5, 0.6) is 0 Å². The van der Waals surface area contributed by atoms with E-state index >= 15 is 0 Å². The molecule has 0 saturated carbocycles. The van der Waals surface area contributed by atoms with Crippen molar-refractivity contribution in [3.05, 3.63) is 35.9 Å². The van der Waals surface area contributed by atoms with Crippen LogP contribution in [0.3, 0.4) is 0 Å². The van der Waals surface area contributed by atoms with Crippen LogP contribution >= 0.6 is 0 Å². The lowest BCUT2D eigenvalue weighted by molar-refractivity contribution is -0.142. The number of nitrogens with zero attached hydrogens (tertiary/aromatic N) is 1. The van der Waals surface area contributed by atoms with Crippen LogP contribution in [-0.2, 0) is 9.53 Å². The Labute approximate surface area is 101 Å². The standard InChI is InChI=1S/C14H17NO2/c1-10-14(11-6-3-2-4-7-11)15-12(16)8-5-9-13(15)17-10/h2-4,6-7,10,13-14H,5,8-9H2,1H3. The highest BCUT2D eigenvalue weighted by atomic mass is 16.5. The Morgan fingerprint density at radius 1 is 1.29 bits per heavy atom. The summed E-state index contributed by atoms with van der Waals surface area (Å²) in [5.41, 5.74) is 1.18. The average molecular weight is 231 g/mol. The predicted molar refractivity (Wildman–Crippen MR) is 64.2 cm³/mol. The van der Waals surface area contributed by atoms with E-state index < -0.39 is 0 Å². The zero-order valence-electron chi connectivity index (χ0n) is 10.0. The third kappa shape index (κ3) is 1.75. The average Bonchev–Trinajstić information content (AvgIpc) is 2.68. The van der Waals surface area contributed by atoms with Gasteiger partial charge in [0.05, 0.1) is 12.1 Å². The van der Waals surface area contributed by atoms with Gasteiger partial charge in [-0.1, -0.05) is 30.3 Å². The molecule has 17 heavy (non-hydrogen) atoms. The molecule has 0 aliphatic carbocycles. The minimum Gasteiger partial charge on any atom is -0.353 e. The summed E-state index contributed by atoms with van der Waals surface area (Å²) in [5, 5.41) is 0. The SMILES string of the molecule is CC1OC2CCCC(=O)N2C1c1ccccc1. The first kappa shape index (κ1) is 10.8. The van der Waals surface area contributed by atoms with Crippen LogP contribution in [0.2, 0.25) is 0 Å². The highest BCUT2D eigenvalue weighted by molar-refractivity contribution is 5.78. The van der Waals surface area contributed by atoms with Gasteiger partial charge in [0.15, 0.2) is 0 Å². The molecule has 2 heterocycles. The molecule has 90 valence electrons. The minimum atomic E-state index is -0.00328. The fourth-order valence-electron chi connectivity index (χ4n) is 2.95. The molecule has 3 unspecified atom stereocenters. The van der Waals surface area contributed by atoms with Crippen LogP contribution in [0.1, 0.15) is 37.8 Å². The Kier molecular flexibility index (Phi) is 2.63. The summed E-state index contributed by atoms with van der Waals surface area (Å²) in [7, 11) is 0. The molecule has 0 bridgehead atoms. The Balaban J connectivity index is 1.95. The van der Waals surface area contributed by atoms with Gasteiger partial charge in [0.2, 0.25) is 5.91 Å². The monoisotopic (exact) mass is 231 g/mol. The summed E-state index contributed by atoms with van der Waals surface area (Å²) < 4.78 is 5.91. The van der Waals surface area contributed by atoms with Crippen molar-refractivity contribution >= 4 is 5.91 Å². The number of carbonyl (C=O) groups excluding carboxylic acids is 1. The van der Waals surface area contributed by atoms with Gasteiger partial charge in [0, 0.05) is 6.42 Å². The molecule has 1 aromatic carbocycles. The molecular weight excluding hydrogens is 214 g/mol. The lowest BCUT2D eigenvalue weighted by Crippen LogP contribution is -2.41. The van der Waals surface area contributed by atoms with E-state index in [1.54, 1.807) is 0 Å². The lowest BCUT2D eigenvalue weighted by atomic mass is 9.99. The van der Waals surface area contributed by atoms with Crippen LogP contribution in [0, 0.1) is 0 Å². The second-order valence-electron chi connectivity index (χ2n) is 4.84. The third-order valence-corrected chi connectivity index (χ3v) is 3.70. The van der Waals surface area contributed by atoms with Crippen LogP contribution in [0.25, 0.3) is 0 Å². The van der Waals surface area contributed by atoms with Crippen molar-refractivity contribution in [2.45, 2.75) is 44.6 Å². The second-order valence-corrected chi connectivity index (χ2v) is 4.84. The van der Waals surface area contributed by atoms with E-state index in [1.165, 1.54) is 5.56 Å². The molecule has 0 spiro atoms. The van der Waals surface area contributed by atoms with Crippen molar-refractivity contribution in [3.63, 3.8) is 0 Å². The number of benzene rings is 1. The Morgan fingerprint density at radius 2 is 2.06 bits per heavy atom. The van der Waals surface area contributed by atoms with Crippen molar-refractivity contribution in [2.24, 2.45) is 0 Å². The number of fused-ring (bicyclic) bond motifs is 1. The van der Waals surface area contributed by atoms with Gasteiger partial charge in [-0.05, 0) is 25.3 Å². The Bertz CT molecular complexity index is 417. The molecule has 2 aliphatic heterocycles. The van der Waals surface area contributed by atoms with Crippen LogP contribution < -0.4 is 0 Å². The summed E-state index contributed by atoms with van der Waals surface area (Å²) in [5.74, 6) is 0.236. The zero-order valence-corrected chi connectivity index (χ0v) is 10.0. The first-order valence-corrected chi connectivity index (χ1v) is 6.29. The van der Waals surface area contributed by atoms with E-state index in [9.17, 15) is 4.79 Å². The molecule has 3 heteroatoms. The van der Waals surface area contributed by atoms with E-state index in [1.807, 2.05) is 23.1 Å². The fourth-order valence-corrected chi connectivity index (χ4v) is 2.95. The molecule has 3 atom stereocenters. The second kappa shape index (κ2) is 4.15. The first-order valence-electron chi connectivity index (χ1n) is 6.29. The number of piperidine rings is 1. The summed E-state index contributed by atoms with van der Waals surface area (Å²) >= 11 is 0. The van der Waals surface area contributed by atoms with Gasteiger partial charge in [-0.3, -0.25) is 4.79 Å². The number of hydrogen-bond donors (Lipinski definition) is 0. The molecule has 2 fully saturated rings. The largest absolute Gasteiger partial charge is 0.353 e. The van der Waals surface area contributed by atoms with Gasteiger partial charge in [-0.2, -0.15) is 0 Å². The van der Waals surface area contributed by atoms with Gasteiger partial charge in [0.25, 0.3) is 0 Å². The van der Waals surface area contributed by atoms with Gasteiger partial charge in [0.1, 0.15) is 6.23 Å². The quantitative estimate of drug-likeness (QED) is 0.743. The molecule has 3 rings (SSSR count). The Hall–Kier alpha value is -1.35. The number of hydrogen-bond acceptors (Lipinski definition) is 2. The van der Waals surface area contributed by atoms with Gasteiger partial charge in [-0.25, -0.2) is 0 Å². The van der Waals surface area contributed by atoms with Gasteiger partial charge < -0.3 is 9.64 Å². The maximum atomic E-state index is 12.1. The minimum absolute atomic E-state index is 0.00328. The van der Waals surface area contributed by atoms with Crippen LogP contribution in [0.15, 0.2) is 30.3 Å². The lowest BCUT2D eigenvalue weighted by Gasteiger charge is -2.32. The summed E-state index contributed by atoms with van der Waals surface area (Å²) in [6, 6.07) is 10.3. The van der Waals surface area contributed by atoms with E-state index in [4.69, 9.17) is 4.74 Å². The zero-order chi connectivity index (χ0) is 11.8. The molecule has 3 nitrogen and oxygen atoms in total. The molecule has 1 aromatic rings. The van der Waals surface area contributed by atoms with Gasteiger partial charge in [-0.15, -0.1) is 0 Å². The maximum Gasteiger partial charge on any atom is 0.225 e. The smallest absolute Gasteiger partial charge is 0.225 e. The van der Waals surface area contributed by atoms with Crippen LogP contribution in [0.4, 0.5) is 0 Å². The third-order valence-electron chi connectivity index (χ3n) is 3.70. The molecule has 0 aromatic heterocycles. The van der Waals surface area contributed by atoms with E-state index in [0.29, 0.717) is 6.42 Å². The Morgan fingerprint density at radius 3 is 2.82 bits per heavy atom. The van der Waals surface area contributed by atoms with Crippen LogP contribution in [-0.4, -0.2) is 23.1 Å². The molecule has 0 N–H and O–H groups in total. The number of carbonyl (C=O) groups is 1. The first-order chi connectivity index (χ1) is 8.27. The molecular formula is C14H17NO2. The summed E-state index contributed by atoms with van der Waals surface area (Å²) in [6.07, 6.45) is 2.67. The fraction of sp³-hybridized carbons (Fsp3) is 0.500. The van der Waals surface area contributed by atoms with E-state index in [2.05, 4.69) is 19.1 Å². The highest BCUT2D eigenvalue weighted by Crippen LogP contribution is 2.39. The predicted octanol–water partition coefficient (Wildman–Crippen LogP) is 2.49. The van der Waals surface area contributed by atoms with E-state index in [0.717, 1.165) is 12.8 Å². The maximum absolute atomic E-state index is 12.1. The number of rotatable bonds is 1. The van der Waals surface area contributed by atoms with E-state index in [-0.39, 0.29) is 24.3 Å². The topological polar surface area (TPSA) is 29.5 Å². The van der Waals surface area contributed by atoms with Crippen molar-refractivity contribution in [1.29, 1.82) is 0 Å². The summed E-state index contributed by atoms with van der Waals surface area (Å²) in [6.45, 7) is 2.06. The van der Waals surface area contributed by atoms with Crippen molar-refractivity contribution < 1.29 is 9.53 Å². The molecule has 2 saturated heterocycles. The van der Waals surface area contributed by atoms with Crippen molar-refractivity contribution in [3.8, 4) is 0 Å². The molecule has 1 amide bonds. The number of ether oxygens (including phenoxy) is 1.